The van der Waals surface area contributed by atoms with Crippen molar-refractivity contribution in [2.45, 2.75) is 31.1 Å². The summed E-state index contributed by atoms with van der Waals surface area (Å²) in [5.41, 5.74) is 2.17. The molecule has 2 aliphatic heterocycles. The van der Waals surface area contributed by atoms with Gasteiger partial charge in [-0.15, -0.1) is 0 Å². The summed E-state index contributed by atoms with van der Waals surface area (Å²) < 4.78 is 7.30. The number of H-pyrrole nitrogens is 1. The van der Waals surface area contributed by atoms with Crippen molar-refractivity contribution in [1.82, 2.24) is 19.4 Å². The van der Waals surface area contributed by atoms with Crippen molar-refractivity contribution >= 4 is 11.9 Å². The Labute approximate surface area is 169 Å². The number of likely N-dealkylation sites (tertiary alicyclic amines) is 1. The van der Waals surface area contributed by atoms with Gasteiger partial charge in [0.1, 0.15) is 5.69 Å². The third kappa shape index (κ3) is 3.06. The lowest BCUT2D eigenvalue weighted by Gasteiger charge is -2.40. The number of hydrogen-bond acceptors (Lipinski definition) is 5. The van der Waals surface area contributed by atoms with E-state index in [1.165, 1.54) is 0 Å². The lowest BCUT2D eigenvalue weighted by molar-refractivity contribution is 0.0623. The molecule has 1 unspecified atom stereocenters. The number of nitrogens with one attached hydrogen (secondary N) is 1. The zero-order valence-corrected chi connectivity index (χ0v) is 16.8. The second-order valence-corrected chi connectivity index (χ2v) is 8.43. The summed E-state index contributed by atoms with van der Waals surface area (Å²) in [6, 6.07) is 3.76. The van der Waals surface area contributed by atoms with Gasteiger partial charge < -0.3 is 19.1 Å². The summed E-state index contributed by atoms with van der Waals surface area (Å²) >= 11 is 0. The Morgan fingerprint density at radius 2 is 2.07 bits per heavy atom. The molecular weight excluding hydrogens is 370 g/mol. The summed E-state index contributed by atoms with van der Waals surface area (Å²) in [6.45, 7) is 4.12. The van der Waals surface area contributed by atoms with Crippen LogP contribution in [0.25, 0.3) is 0 Å². The number of fused-ring (bicyclic) bond motifs is 2. The number of aromatic amines is 1. The molecule has 2 aromatic rings. The van der Waals surface area contributed by atoms with Gasteiger partial charge in [-0.2, -0.15) is 0 Å². The van der Waals surface area contributed by atoms with Gasteiger partial charge in [-0.1, -0.05) is 0 Å². The van der Waals surface area contributed by atoms with Gasteiger partial charge >= 0.3 is 0 Å². The first-order valence-corrected chi connectivity index (χ1v) is 10.4. The highest BCUT2D eigenvalue weighted by molar-refractivity contribution is 5.93. The second-order valence-electron chi connectivity index (χ2n) is 8.43. The quantitative estimate of drug-likeness (QED) is 0.820. The molecule has 1 spiro atoms. The standard InChI is InChI=1S/C21H27N5O3/c1-24-8-2-4-16(24)19(28)26-9-3-6-21(14-26)7-5-15-17(21)22-20(23-18(15)27)25-10-12-29-13-11-25/h2,4,8H,3,5-7,9-14H2,1H3,(H,22,23,27). The second kappa shape index (κ2) is 7.02. The fraction of sp³-hybridized carbons (Fsp3) is 0.571. The summed E-state index contributed by atoms with van der Waals surface area (Å²) in [7, 11) is 1.90. The molecule has 1 N–H and O–H groups in total. The predicted octanol–water partition coefficient (Wildman–Crippen LogP) is 1.07. The van der Waals surface area contributed by atoms with Crippen LogP contribution in [0.5, 0.6) is 0 Å². The van der Waals surface area contributed by atoms with Crippen LogP contribution in [0.3, 0.4) is 0 Å². The van der Waals surface area contributed by atoms with Gasteiger partial charge in [-0.3, -0.25) is 14.6 Å². The molecule has 2 saturated heterocycles. The number of anilines is 1. The van der Waals surface area contributed by atoms with E-state index >= 15 is 0 Å². The first-order chi connectivity index (χ1) is 14.1. The fourth-order valence-corrected chi connectivity index (χ4v) is 5.11. The van der Waals surface area contributed by atoms with Crippen molar-refractivity contribution in [3.05, 3.63) is 45.6 Å². The number of carbonyl (C=O) groups is 1. The van der Waals surface area contributed by atoms with Crippen LogP contribution in [0, 0.1) is 0 Å². The van der Waals surface area contributed by atoms with E-state index in [2.05, 4.69) is 9.88 Å². The van der Waals surface area contributed by atoms with E-state index in [1.54, 1.807) is 0 Å². The summed E-state index contributed by atoms with van der Waals surface area (Å²) in [4.78, 5) is 37.9. The number of nitrogens with zero attached hydrogens (tertiary/aromatic N) is 4. The Hall–Kier alpha value is -2.61. The van der Waals surface area contributed by atoms with Crippen LogP contribution in [0.2, 0.25) is 0 Å². The Bertz CT molecular complexity index is 990. The van der Waals surface area contributed by atoms with E-state index in [9.17, 15) is 9.59 Å². The van der Waals surface area contributed by atoms with Gasteiger partial charge in [-0.05, 0) is 37.8 Å². The smallest absolute Gasteiger partial charge is 0.270 e. The monoisotopic (exact) mass is 397 g/mol. The molecule has 0 aromatic carbocycles. The fourth-order valence-electron chi connectivity index (χ4n) is 5.11. The largest absolute Gasteiger partial charge is 0.378 e. The SMILES string of the molecule is Cn1cccc1C(=O)N1CCCC2(CCc3c2nc(N2CCOCC2)[nH]c3=O)C1. The van der Waals surface area contributed by atoms with E-state index in [-0.39, 0.29) is 16.9 Å². The lowest BCUT2D eigenvalue weighted by Crippen LogP contribution is -2.48. The molecule has 4 heterocycles. The molecule has 3 aliphatic rings. The Morgan fingerprint density at radius 3 is 2.83 bits per heavy atom. The number of morpholine rings is 1. The highest BCUT2D eigenvalue weighted by atomic mass is 16.5. The summed E-state index contributed by atoms with van der Waals surface area (Å²) in [5, 5.41) is 0. The molecule has 2 fully saturated rings. The first kappa shape index (κ1) is 18.4. The zero-order valence-electron chi connectivity index (χ0n) is 16.8. The zero-order chi connectivity index (χ0) is 20.0. The van der Waals surface area contributed by atoms with Gasteiger partial charge in [0.05, 0.1) is 18.9 Å². The van der Waals surface area contributed by atoms with E-state index in [1.807, 2.05) is 34.8 Å². The van der Waals surface area contributed by atoms with Crippen molar-refractivity contribution < 1.29 is 9.53 Å². The van der Waals surface area contributed by atoms with E-state index in [0.29, 0.717) is 31.4 Å². The van der Waals surface area contributed by atoms with Crippen LogP contribution < -0.4 is 10.5 Å². The normalized spacial score (nSPS) is 24.2. The van der Waals surface area contributed by atoms with Gasteiger partial charge in [0, 0.05) is 50.4 Å². The predicted molar refractivity (Wildman–Crippen MR) is 108 cm³/mol. The van der Waals surface area contributed by atoms with Crippen molar-refractivity contribution in [3.63, 3.8) is 0 Å². The average molecular weight is 397 g/mol. The van der Waals surface area contributed by atoms with Gasteiger partial charge in [0.2, 0.25) is 5.95 Å². The minimum Gasteiger partial charge on any atom is -0.378 e. The number of amides is 1. The third-order valence-corrected chi connectivity index (χ3v) is 6.70. The molecule has 8 nitrogen and oxygen atoms in total. The summed E-state index contributed by atoms with van der Waals surface area (Å²) in [5.74, 6) is 0.701. The van der Waals surface area contributed by atoms with Crippen molar-refractivity contribution in [2.75, 3.05) is 44.3 Å². The maximum absolute atomic E-state index is 13.1. The molecule has 5 rings (SSSR count). The molecule has 29 heavy (non-hydrogen) atoms. The van der Waals surface area contributed by atoms with E-state index in [0.717, 1.165) is 56.6 Å². The highest BCUT2D eigenvalue weighted by Gasteiger charge is 2.46. The highest BCUT2D eigenvalue weighted by Crippen LogP contribution is 2.43. The number of hydrogen-bond donors (Lipinski definition) is 1. The minimum absolute atomic E-state index is 0.0285. The first-order valence-electron chi connectivity index (χ1n) is 10.4. The number of ether oxygens (including phenoxy) is 1. The molecule has 2 aromatic heterocycles. The van der Waals surface area contributed by atoms with E-state index in [4.69, 9.17) is 9.72 Å². The van der Waals surface area contributed by atoms with E-state index < -0.39 is 0 Å². The van der Waals surface area contributed by atoms with Crippen LogP contribution in [0.15, 0.2) is 23.1 Å². The van der Waals surface area contributed by atoms with Crippen LogP contribution in [0.1, 0.15) is 41.0 Å². The molecule has 1 atom stereocenters. The van der Waals surface area contributed by atoms with Gasteiger partial charge in [-0.25, -0.2) is 4.98 Å². The molecule has 0 saturated carbocycles. The third-order valence-electron chi connectivity index (χ3n) is 6.70. The molecule has 1 aliphatic carbocycles. The number of aromatic nitrogens is 3. The molecule has 154 valence electrons. The van der Waals surface area contributed by atoms with Crippen LogP contribution in [-0.4, -0.2) is 64.7 Å². The van der Waals surface area contributed by atoms with Gasteiger partial charge in [0.15, 0.2) is 0 Å². The maximum Gasteiger partial charge on any atom is 0.270 e. The van der Waals surface area contributed by atoms with Crippen LogP contribution in [-0.2, 0) is 23.6 Å². The number of aryl methyl sites for hydroxylation is 1. The minimum atomic E-state index is -0.219. The summed E-state index contributed by atoms with van der Waals surface area (Å²) in [6.07, 6.45) is 5.40. The molecule has 0 radical (unpaired) electrons. The Balaban J connectivity index is 1.48. The molecule has 1 amide bonds. The average Bonchev–Trinajstić information content (AvgIpc) is 3.32. The molecular formula is C21H27N5O3. The number of rotatable bonds is 2. The lowest BCUT2D eigenvalue weighted by atomic mass is 9.77. The Morgan fingerprint density at radius 1 is 1.24 bits per heavy atom. The Kier molecular flexibility index (Phi) is 4.46. The number of piperidine rings is 1. The van der Waals surface area contributed by atoms with Crippen molar-refractivity contribution in [1.29, 1.82) is 0 Å². The topological polar surface area (TPSA) is 83.5 Å². The van der Waals surface area contributed by atoms with Crippen molar-refractivity contribution in [2.24, 2.45) is 7.05 Å². The van der Waals surface area contributed by atoms with Crippen LogP contribution >= 0.6 is 0 Å². The van der Waals surface area contributed by atoms with Crippen LogP contribution in [0.4, 0.5) is 5.95 Å². The molecule has 8 heteroatoms. The van der Waals surface area contributed by atoms with Gasteiger partial charge in [0.25, 0.3) is 11.5 Å². The molecule has 0 bridgehead atoms. The maximum atomic E-state index is 13.1. The van der Waals surface area contributed by atoms with Crippen molar-refractivity contribution in [3.8, 4) is 0 Å². The number of carbonyl (C=O) groups excluding carboxylic acids is 1.